The lowest BCUT2D eigenvalue weighted by Crippen LogP contribution is -1.94. The van der Waals surface area contributed by atoms with Gasteiger partial charge in [-0.25, -0.2) is 0 Å². The summed E-state index contributed by atoms with van der Waals surface area (Å²) in [6.45, 7) is 4.11. The zero-order valence-corrected chi connectivity index (χ0v) is 9.62. The van der Waals surface area contributed by atoms with Crippen LogP contribution in [0.4, 0.5) is 11.4 Å². The molecule has 0 aromatic heterocycles. The summed E-state index contributed by atoms with van der Waals surface area (Å²) in [7, 11) is 0. The van der Waals surface area contributed by atoms with Crippen LogP contribution in [0.2, 0.25) is 0 Å². The lowest BCUT2D eigenvalue weighted by Gasteiger charge is -2.10. The predicted octanol–water partition coefficient (Wildman–Crippen LogP) is 3.13. The van der Waals surface area contributed by atoms with Crippen molar-refractivity contribution in [1.29, 1.82) is 0 Å². The van der Waals surface area contributed by atoms with Crippen LogP contribution >= 0.6 is 0 Å². The van der Waals surface area contributed by atoms with Crippen LogP contribution in [-0.4, -0.2) is 0 Å². The Hall–Kier alpha value is -1.96. The van der Waals surface area contributed by atoms with E-state index in [4.69, 9.17) is 11.5 Å². The minimum absolute atomic E-state index is 0.785. The Labute approximate surface area is 95.9 Å². The van der Waals surface area contributed by atoms with Gasteiger partial charge in [0.25, 0.3) is 0 Å². The molecule has 2 nitrogen and oxygen atoms in total. The van der Waals surface area contributed by atoms with Crippen molar-refractivity contribution < 1.29 is 0 Å². The van der Waals surface area contributed by atoms with Gasteiger partial charge in [0.05, 0.1) is 0 Å². The van der Waals surface area contributed by atoms with Gasteiger partial charge in [0.2, 0.25) is 0 Å². The predicted molar refractivity (Wildman–Crippen MR) is 70.2 cm³/mol. The van der Waals surface area contributed by atoms with Gasteiger partial charge in [-0.15, -0.1) is 0 Å². The highest BCUT2D eigenvalue weighted by Crippen LogP contribution is 2.30. The molecule has 16 heavy (non-hydrogen) atoms. The molecule has 0 radical (unpaired) electrons. The fraction of sp³-hybridized carbons (Fsp3) is 0.143. The molecule has 0 saturated carbocycles. The van der Waals surface area contributed by atoms with Crippen LogP contribution in [0.25, 0.3) is 11.1 Å². The minimum atomic E-state index is 0.785. The summed E-state index contributed by atoms with van der Waals surface area (Å²) < 4.78 is 0. The topological polar surface area (TPSA) is 52.0 Å². The van der Waals surface area contributed by atoms with Gasteiger partial charge in [-0.1, -0.05) is 17.7 Å². The second-order valence-corrected chi connectivity index (χ2v) is 4.17. The molecular formula is C14H16N2. The number of hydrogen-bond acceptors (Lipinski definition) is 2. The minimum Gasteiger partial charge on any atom is -0.399 e. The van der Waals surface area contributed by atoms with Gasteiger partial charge >= 0.3 is 0 Å². The van der Waals surface area contributed by atoms with Crippen molar-refractivity contribution in [3.05, 3.63) is 47.5 Å². The van der Waals surface area contributed by atoms with E-state index in [1.165, 1.54) is 5.56 Å². The molecule has 0 aliphatic carbocycles. The highest BCUT2D eigenvalue weighted by Gasteiger charge is 2.05. The zero-order chi connectivity index (χ0) is 11.7. The normalized spacial score (nSPS) is 10.4. The highest BCUT2D eigenvalue weighted by atomic mass is 14.6. The quantitative estimate of drug-likeness (QED) is 0.713. The summed E-state index contributed by atoms with van der Waals surface area (Å²) in [6.07, 6.45) is 0. The van der Waals surface area contributed by atoms with Crippen LogP contribution in [0, 0.1) is 13.8 Å². The molecule has 2 aromatic rings. The standard InChI is InChI=1S/C14H16N2/c1-9-3-6-14(16)13(7-9)12-5-4-11(15)8-10(12)2/h3-8H,15-16H2,1-2H3. The number of rotatable bonds is 1. The van der Waals surface area contributed by atoms with Gasteiger partial charge in [-0.3, -0.25) is 0 Å². The van der Waals surface area contributed by atoms with Crippen molar-refractivity contribution in [3.63, 3.8) is 0 Å². The maximum atomic E-state index is 6.00. The van der Waals surface area contributed by atoms with Crippen LogP contribution < -0.4 is 11.5 Å². The van der Waals surface area contributed by atoms with E-state index in [9.17, 15) is 0 Å². The van der Waals surface area contributed by atoms with Crippen LogP contribution in [-0.2, 0) is 0 Å². The molecule has 0 aliphatic rings. The van der Waals surface area contributed by atoms with Gasteiger partial charge in [0.15, 0.2) is 0 Å². The molecule has 4 N–H and O–H groups in total. The van der Waals surface area contributed by atoms with Crippen molar-refractivity contribution in [2.24, 2.45) is 0 Å². The maximum absolute atomic E-state index is 6.00. The number of hydrogen-bond donors (Lipinski definition) is 2. The molecule has 0 unspecified atom stereocenters. The molecule has 2 aromatic carbocycles. The fourth-order valence-electron chi connectivity index (χ4n) is 1.89. The average molecular weight is 212 g/mol. The molecule has 0 fully saturated rings. The van der Waals surface area contributed by atoms with E-state index in [0.717, 1.165) is 28.1 Å². The highest BCUT2D eigenvalue weighted by molar-refractivity contribution is 5.79. The summed E-state index contributed by atoms with van der Waals surface area (Å²) in [4.78, 5) is 0. The molecule has 2 rings (SSSR count). The van der Waals surface area contributed by atoms with Crippen molar-refractivity contribution in [2.75, 3.05) is 11.5 Å². The summed E-state index contributed by atoms with van der Waals surface area (Å²) in [6, 6.07) is 12.0. The van der Waals surface area contributed by atoms with E-state index < -0.39 is 0 Å². The first-order chi connectivity index (χ1) is 7.58. The van der Waals surface area contributed by atoms with E-state index in [0.29, 0.717) is 0 Å². The third-order valence-corrected chi connectivity index (χ3v) is 2.75. The lowest BCUT2D eigenvalue weighted by molar-refractivity contribution is 1.43. The Morgan fingerprint density at radius 1 is 0.812 bits per heavy atom. The summed E-state index contributed by atoms with van der Waals surface area (Å²) in [5.74, 6) is 0. The van der Waals surface area contributed by atoms with Crippen LogP contribution in [0.15, 0.2) is 36.4 Å². The molecule has 0 spiro atoms. The van der Waals surface area contributed by atoms with E-state index in [2.05, 4.69) is 13.0 Å². The van der Waals surface area contributed by atoms with Gasteiger partial charge in [-0.2, -0.15) is 0 Å². The molecular weight excluding hydrogens is 196 g/mol. The van der Waals surface area contributed by atoms with E-state index >= 15 is 0 Å². The second-order valence-electron chi connectivity index (χ2n) is 4.17. The van der Waals surface area contributed by atoms with Gasteiger partial charge in [0.1, 0.15) is 0 Å². The first-order valence-electron chi connectivity index (χ1n) is 5.30. The zero-order valence-electron chi connectivity index (χ0n) is 9.62. The summed E-state index contributed by atoms with van der Waals surface area (Å²) in [5, 5.41) is 0. The Bertz CT molecular complexity index is 530. The molecule has 0 saturated heterocycles. The molecule has 0 aliphatic heterocycles. The van der Waals surface area contributed by atoms with Crippen LogP contribution in [0.1, 0.15) is 11.1 Å². The first-order valence-corrected chi connectivity index (χ1v) is 5.30. The number of anilines is 2. The Morgan fingerprint density at radius 2 is 1.56 bits per heavy atom. The van der Waals surface area contributed by atoms with Gasteiger partial charge < -0.3 is 11.5 Å². The van der Waals surface area contributed by atoms with Crippen LogP contribution in [0.3, 0.4) is 0 Å². The SMILES string of the molecule is Cc1ccc(N)c(-c2ccc(N)cc2C)c1. The number of aryl methyl sites for hydroxylation is 2. The van der Waals surface area contributed by atoms with Crippen molar-refractivity contribution in [1.82, 2.24) is 0 Å². The number of nitrogen functional groups attached to an aromatic ring is 2. The van der Waals surface area contributed by atoms with Crippen molar-refractivity contribution in [2.45, 2.75) is 13.8 Å². The monoisotopic (exact) mass is 212 g/mol. The third kappa shape index (κ3) is 1.87. The fourth-order valence-corrected chi connectivity index (χ4v) is 1.89. The maximum Gasteiger partial charge on any atom is 0.0394 e. The Morgan fingerprint density at radius 3 is 2.25 bits per heavy atom. The molecule has 0 atom stereocenters. The molecule has 0 bridgehead atoms. The van der Waals surface area contributed by atoms with Gasteiger partial charge in [0, 0.05) is 16.9 Å². The first kappa shape index (κ1) is 10.6. The Balaban J connectivity index is 2.62. The average Bonchev–Trinajstić information content (AvgIpc) is 2.22. The smallest absolute Gasteiger partial charge is 0.0394 e. The van der Waals surface area contributed by atoms with Crippen molar-refractivity contribution in [3.8, 4) is 11.1 Å². The third-order valence-electron chi connectivity index (χ3n) is 2.75. The van der Waals surface area contributed by atoms with Gasteiger partial charge in [-0.05, 0) is 49.2 Å². The number of benzene rings is 2. The molecule has 0 heterocycles. The van der Waals surface area contributed by atoms with Crippen molar-refractivity contribution >= 4 is 11.4 Å². The van der Waals surface area contributed by atoms with E-state index in [1.807, 2.05) is 37.3 Å². The van der Waals surface area contributed by atoms with Crippen LogP contribution in [0.5, 0.6) is 0 Å². The molecule has 2 heteroatoms. The largest absolute Gasteiger partial charge is 0.399 e. The van der Waals surface area contributed by atoms with E-state index in [-0.39, 0.29) is 0 Å². The molecule has 0 amide bonds. The number of nitrogens with two attached hydrogens (primary N) is 2. The lowest BCUT2D eigenvalue weighted by atomic mass is 9.97. The second kappa shape index (κ2) is 3.89. The molecule has 82 valence electrons. The summed E-state index contributed by atoms with van der Waals surface area (Å²) in [5.41, 5.74) is 17.9. The van der Waals surface area contributed by atoms with E-state index in [1.54, 1.807) is 0 Å². The summed E-state index contributed by atoms with van der Waals surface area (Å²) >= 11 is 0. The Kier molecular flexibility index (Phi) is 2.57.